The van der Waals surface area contributed by atoms with Gasteiger partial charge < -0.3 is 10.1 Å². The number of nitrogens with one attached hydrogen (secondary N) is 1. The van der Waals surface area contributed by atoms with Crippen LogP contribution >= 0.6 is 11.3 Å². The summed E-state index contributed by atoms with van der Waals surface area (Å²) in [5.41, 5.74) is 3.56. The smallest absolute Gasteiger partial charge is 0.248 e. The molecule has 1 heterocycles. The van der Waals surface area contributed by atoms with Gasteiger partial charge in [0.15, 0.2) is 0 Å². The first kappa shape index (κ1) is 24.0. The second-order valence-corrected chi connectivity index (χ2v) is 11.7. The summed E-state index contributed by atoms with van der Waals surface area (Å²) in [5, 5.41) is 9.30. The molecule has 1 aromatic heterocycles. The van der Waals surface area contributed by atoms with Crippen LogP contribution in [0.1, 0.15) is 44.6 Å². The van der Waals surface area contributed by atoms with Crippen molar-refractivity contribution in [3.63, 3.8) is 0 Å². The molecule has 1 atom stereocenters. The molecule has 0 spiro atoms. The fourth-order valence-electron chi connectivity index (χ4n) is 4.72. The fraction of sp³-hybridized carbons (Fsp3) is 0.385. The average Bonchev–Trinajstić information content (AvgIpc) is 3.48. The summed E-state index contributed by atoms with van der Waals surface area (Å²) >= 11 is 1.21. The van der Waals surface area contributed by atoms with Gasteiger partial charge >= 0.3 is 0 Å². The molecule has 4 rings (SSSR count). The lowest BCUT2D eigenvalue weighted by atomic mass is 9.98. The van der Waals surface area contributed by atoms with E-state index in [0.29, 0.717) is 18.2 Å². The van der Waals surface area contributed by atoms with Crippen molar-refractivity contribution >= 4 is 21.4 Å². The predicted molar refractivity (Wildman–Crippen MR) is 136 cm³/mol. The number of sulfonamides is 1. The number of primary sulfonamides is 1. The Morgan fingerprint density at radius 3 is 2.45 bits per heavy atom. The maximum atomic E-state index is 12.5. The van der Waals surface area contributed by atoms with Gasteiger partial charge in [-0.3, -0.25) is 0 Å². The van der Waals surface area contributed by atoms with Crippen LogP contribution in [0, 0.1) is 5.92 Å². The number of thiophene rings is 1. The van der Waals surface area contributed by atoms with Crippen LogP contribution < -0.4 is 15.2 Å². The van der Waals surface area contributed by atoms with E-state index in [1.807, 2.05) is 48.5 Å². The first-order valence-electron chi connectivity index (χ1n) is 11.5. The molecule has 1 aliphatic rings. The molecular formula is C26H32N2O3S2. The molecule has 176 valence electrons. The number of rotatable bonds is 9. The molecule has 0 aliphatic heterocycles. The van der Waals surface area contributed by atoms with Gasteiger partial charge in [-0.25, -0.2) is 13.6 Å². The molecule has 5 nitrogen and oxygen atoms in total. The van der Waals surface area contributed by atoms with Crippen LogP contribution in [0.25, 0.3) is 21.6 Å². The second kappa shape index (κ2) is 10.4. The SMILES string of the molecule is COc1ccc(-c2cc(-c3ccccc3CN[C@@H](C)CC3CCCC3)c(S(N)(=O)=O)s2)cc1. The molecule has 0 saturated heterocycles. The minimum Gasteiger partial charge on any atom is -0.497 e. The summed E-state index contributed by atoms with van der Waals surface area (Å²) in [6, 6.07) is 17.9. The van der Waals surface area contributed by atoms with E-state index in [1.165, 1.54) is 43.4 Å². The highest BCUT2D eigenvalue weighted by atomic mass is 32.2. The van der Waals surface area contributed by atoms with Crippen LogP contribution in [0.2, 0.25) is 0 Å². The van der Waals surface area contributed by atoms with Crippen molar-refractivity contribution < 1.29 is 13.2 Å². The molecule has 3 N–H and O–H groups in total. The molecule has 0 amide bonds. The third kappa shape index (κ3) is 5.84. The Bertz CT molecular complexity index is 1180. The highest BCUT2D eigenvalue weighted by Gasteiger charge is 2.23. The van der Waals surface area contributed by atoms with Gasteiger partial charge in [0, 0.05) is 23.0 Å². The first-order chi connectivity index (χ1) is 15.8. The number of hydrogen-bond donors (Lipinski definition) is 2. The van der Waals surface area contributed by atoms with Gasteiger partial charge in [-0.1, -0.05) is 49.9 Å². The van der Waals surface area contributed by atoms with Gasteiger partial charge in [-0.15, -0.1) is 11.3 Å². The molecule has 1 saturated carbocycles. The normalized spacial score (nSPS) is 15.6. The van der Waals surface area contributed by atoms with Gasteiger partial charge in [0.25, 0.3) is 0 Å². The van der Waals surface area contributed by atoms with Crippen molar-refractivity contribution in [2.24, 2.45) is 11.1 Å². The number of ether oxygens (including phenoxy) is 1. The van der Waals surface area contributed by atoms with Gasteiger partial charge in [-0.05, 0) is 66.3 Å². The average molecular weight is 485 g/mol. The van der Waals surface area contributed by atoms with Crippen molar-refractivity contribution in [3.8, 4) is 27.3 Å². The lowest BCUT2D eigenvalue weighted by Crippen LogP contribution is -2.27. The molecule has 1 fully saturated rings. The lowest BCUT2D eigenvalue weighted by Gasteiger charge is -2.19. The van der Waals surface area contributed by atoms with Crippen LogP contribution in [0.3, 0.4) is 0 Å². The predicted octanol–water partition coefficient (Wildman–Crippen LogP) is 5.80. The van der Waals surface area contributed by atoms with E-state index in [2.05, 4.69) is 18.3 Å². The van der Waals surface area contributed by atoms with Gasteiger partial charge in [0.05, 0.1) is 7.11 Å². The van der Waals surface area contributed by atoms with E-state index in [1.54, 1.807) is 7.11 Å². The Hall–Kier alpha value is -2.19. The Morgan fingerprint density at radius 1 is 1.09 bits per heavy atom. The lowest BCUT2D eigenvalue weighted by molar-refractivity contribution is 0.404. The Balaban J connectivity index is 1.63. The second-order valence-electron chi connectivity index (χ2n) is 8.91. The van der Waals surface area contributed by atoms with Crippen molar-refractivity contribution in [1.29, 1.82) is 0 Å². The monoisotopic (exact) mass is 484 g/mol. The molecule has 0 radical (unpaired) electrons. The Labute approximate surface area is 201 Å². The molecule has 3 aromatic rings. The Morgan fingerprint density at radius 2 is 1.79 bits per heavy atom. The quantitative estimate of drug-likeness (QED) is 0.402. The minimum atomic E-state index is -3.87. The first-order valence-corrected chi connectivity index (χ1v) is 13.8. The minimum absolute atomic E-state index is 0.194. The van der Waals surface area contributed by atoms with E-state index in [9.17, 15) is 8.42 Å². The van der Waals surface area contributed by atoms with E-state index in [-0.39, 0.29) is 4.21 Å². The van der Waals surface area contributed by atoms with Crippen molar-refractivity contribution in [1.82, 2.24) is 5.32 Å². The zero-order valence-corrected chi connectivity index (χ0v) is 20.8. The van der Waals surface area contributed by atoms with Crippen LogP contribution in [-0.4, -0.2) is 21.6 Å². The highest BCUT2D eigenvalue weighted by molar-refractivity contribution is 7.91. The van der Waals surface area contributed by atoms with E-state index in [4.69, 9.17) is 9.88 Å². The van der Waals surface area contributed by atoms with Crippen molar-refractivity contribution in [2.45, 2.75) is 55.8 Å². The molecule has 2 aromatic carbocycles. The van der Waals surface area contributed by atoms with E-state index >= 15 is 0 Å². The third-order valence-electron chi connectivity index (χ3n) is 6.44. The van der Waals surface area contributed by atoms with Gasteiger partial charge in [0.1, 0.15) is 9.96 Å². The zero-order valence-electron chi connectivity index (χ0n) is 19.2. The van der Waals surface area contributed by atoms with Crippen LogP contribution in [0.4, 0.5) is 0 Å². The summed E-state index contributed by atoms with van der Waals surface area (Å²) in [6.45, 7) is 2.92. The summed E-state index contributed by atoms with van der Waals surface area (Å²) in [4.78, 5) is 0.856. The van der Waals surface area contributed by atoms with Crippen LogP contribution in [0.15, 0.2) is 58.8 Å². The summed E-state index contributed by atoms with van der Waals surface area (Å²) in [7, 11) is -2.25. The summed E-state index contributed by atoms with van der Waals surface area (Å²) in [5.74, 6) is 1.58. The molecule has 0 unspecified atom stereocenters. The zero-order chi connectivity index (χ0) is 23.4. The number of nitrogens with two attached hydrogens (primary N) is 1. The van der Waals surface area contributed by atoms with Crippen LogP contribution in [0.5, 0.6) is 5.75 Å². The van der Waals surface area contributed by atoms with Gasteiger partial charge in [-0.2, -0.15) is 0 Å². The maximum Gasteiger partial charge on any atom is 0.248 e. The Kier molecular flexibility index (Phi) is 7.54. The molecule has 33 heavy (non-hydrogen) atoms. The number of benzene rings is 2. The highest BCUT2D eigenvalue weighted by Crippen LogP contribution is 2.41. The molecule has 0 bridgehead atoms. The molecule has 1 aliphatic carbocycles. The van der Waals surface area contributed by atoms with Crippen molar-refractivity contribution in [3.05, 3.63) is 60.2 Å². The topological polar surface area (TPSA) is 81.4 Å². The largest absolute Gasteiger partial charge is 0.497 e. The number of methoxy groups -OCH3 is 1. The van der Waals surface area contributed by atoms with Gasteiger partial charge in [0.2, 0.25) is 10.0 Å². The summed E-state index contributed by atoms with van der Waals surface area (Å²) < 4.78 is 30.4. The van der Waals surface area contributed by atoms with E-state index < -0.39 is 10.0 Å². The van der Waals surface area contributed by atoms with E-state index in [0.717, 1.165) is 33.2 Å². The summed E-state index contributed by atoms with van der Waals surface area (Å²) in [6.07, 6.45) is 6.56. The molecule has 7 heteroatoms. The van der Waals surface area contributed by atoms with Crippen LogP contribution in [-0.2, 0) is 16.6 Å². The fourth-order valence-corrected chi connectivity index (χ4v) is 6.84. The van der Waals surface area contributed by atoms with Crippen molar-refractivity contribution in [2.75, 3.05) is 7.11 Å². The molecular weight excluding hydrogens is 452 g/mol. The third-order valence-corrected chi connectivity index (χ3v) is 9.10. The standard InChI is InChI=1S/C26H32N2O3S2/c1-18(15-19-7-3-4-8-19)28-17-21-9-5-6-10-23(21)24-16-25(32-26(24)33(27,29)30)20-11-13-22(31-2)14-12-20/h5-6,9-14,16,18-19,28H,3-4,7-8,15,17H2,1-2H3,(H2,27,29,30)/t18-/m0/s1. The maximum absolute atomic E-state index is 12.5. The number of hydrogen-bond acceptors (Lipinski definition) is 5.